The number of para-hydroxylation sites is 1. The molecule has 1 saturated heterocycles. The summed E-state index contributed by atoms with van der Waals surface area (Å²) in [6, 6.07) is 7.94. The second-order valence-electron chi connectivity index (χ2n) is 4.00. The Labute approximate surface area is 103 Å². The van der Waals surface area contributed by atoms with Gasteiger partial charge in [0.05, 0.1) is 5.69 Å². The number of benzene rings is 1. The van der Waals surface area contributed by atoms with Crippen LogP contribution in [-0.2, 0) is 9.59 Å². The van der Waals surface area contributed by atoms with Crippen molar-refractivity contribution >= 4 is 29.3 Å². The number of nitrogens with one attached hydrogen (secondary N) is 1. The molecule has 5 nitrogen and oxygen atoms in total. The Kier molecular flexibility index (Phi) is 2.25. The van der Waals surface area contributed by atoms with Gasteiger partial charge >= 0.3 is 0 Å². The molecule has 0 aromatic heterocycles. The first-order chi connectivity index (χ1) is 8.16. The third-order valence-corrected chi connectivity index (χ3v) is 4.19. The SMILES string of the molecule is CN1c2ccccc2SC1N1NC(=O)CC1=O. The van der Waals surface area contributed by atoms with Crippen LogP contribution in [0, 0.1) is 0 Å². The molecule has 1 unspecified atom stereocenters. The van der Waals surface area contributed by atoms with E-state index in [9.17, 15) is 9.59 Å². The number of nitrogens with zero attached hydrogens (tertiary/aromatic N) is 2. The number of hydrogen-bond acceptors (Lipinski definition) is 4. The van der Waals surface area contributed by atoms with Gasteiger partial charge in [0.1, 0.15) is 6.42 Å². The fourth-order valence-corrected chi connectivity index (χ4v) is 3.29. The van der Waals surface area contributed by atoms with Gasteiger partial charge in [0.15, 0.2) is 5.50 Å². The van der Waals surface area contributed by atoms with Crippen molar-refractivity contribution in [1.82, 2.24) is 10.4 Å². The molecule has 1 fully saturated rings. The highest BCUT2D eigenvalue weighted by Gasteiger charge is 2.39. The number of amides is 2. The maximum absolute atomic E-state index is 11.7. The minimum atomic E-state index is -0.236. The number of hydrogen-bond donors (Lipinski definition) is 1. The zero-order valence-electron chi connectivity index (χ0n) is 9.21. The number of fused-ring (bicyclic) bond motifs is 1. The smallest absolute Gasteiger partial charge is 0.253 e. The first kappa shape index (κ1) is 10.5. The zero-order valence-corrected chi connectivity index (χ0v) is 10.0. The summed E-state index contributed by atoms with van der Waals surface area (Å²) in [5.41, 5.74) is 3.48. The van der Waals surface area contributed by atoms with E-state index < -0.39 is 0 Å². The van der Waals surface area contributed by atoms with E-state index >= 15 is 0 Å². The third-order valence-electron chi connectivity index (χ3n) is 2.86. The molecular weight excluding hydrogens is 238 g/mol. The van der Waals surface area contributed by atoms with Gasteiger partial charge < -0.3 is 4.90 Å². The first-order valence-electron chi connectivity index (χ1n) is 5.27. The molecule has 2 aliphatic heterocycles. The van der Waals surface area contributed by atoms with E-state index in [0.717, 1.165) is 10.6 Å². The van der Waals surface area contributed by atoms with Crippen LogP contribution in [0.2, 0.25) is 0 Å². The van der Waals surface area contributed by atoms with Gasteiger partial charge in [-0.25, -0.2) is 5.01 Å². The number of anilines is 1. The molecule has 0 radical (unpaired) electrons. The average Bonchev–Trinajstić information content (AvgIpc) is 2.80. The molecular formula is C11H11N3O2S. The number of thioether (sulfide) groups is 1. The number of carbonyl (C=O) groups is 2. The van der Waals surface area contributed by atoms with Gasteiger partial charge in [-0.2, -0.15) is 0 Å². The summed E-state index contributed by atoms with van der Waals surface area (Å²) in [5, 5.41) is 1.41. The summed E-state index contributed by atoms with van der Waals surface area (Å²) in [6.45, 7) is 0. The van der Waals surface area contributed by atoms with E-state index in [2.05, 4.69) is 5.43 Å². The van der Waals surface area contributed by atoms with Gasteiger partial charge in [-0.3, -0.25) is 15.0 Å². The largest absolute Gasteiger partial charge is 0.343 e. The normalized spacial score (nSPS) is 23.0. The van der Waals surface area contributed by atoms with Crippen LogP contribution in [-0.4, -0.2) is 29.4 Å². The zero-order chi connectivity index (χ0) is 12.0. The van der Waals surface area contributed by atoms with Gasteiger partial charge in [-0.15, -0.1) is 0 Å². The van der Waals surface area contributed by atoms with Crippen LogP contribution >= 0.6 is 11.8 Å². The molecule has 17 heavy (non-hydrogen) atoms. The predicted molar refractivity (Wildman–Crippen MR) is 64.1 cm³/mol. The molecule has 0 spiro atoms. The first-order valence-corrected chi connectivity index (χ1v) is 6.15. The number of carbonyl (C=O) groups excluding carboxylic acids is 2. The quantitative estimate of drug-likeness (QED) is 0.747. The van der Waals surface area contributed by atoms with Gasteiger partial charge in [0, 0.05) is 11.9 Å². The van der Waals surface area contributed by atoms with Crippen molar-refractivity contribution in [3.05, 3.63) is 24.3 Å². The van der Waals surface area contributed by atoms with E-state index in [1.165, 1.54) is 5.01 Å². The van der Waals surface area contributed by atoms with Crippen LogP contribution in [0.5, 0.6) is 0 Å². The van der Waals surface area contributed by atoms with Crippen LogP contribution in [0.3, 0.4) is 0 Å². The van der Waals surface area contributed by atoms with Crippen LogP contribution in [0.1, 0.15) is 6.42 Å². The van der Waals surface area contributed by atoms with Crippen molar-refractivity contribution in [3.8, 4) is 0 Å². The summed E-state index contributed by atoms with van der Waals surface area (Å²) >= 11 is 1.56. The van der Waals surface area contributed by atoms with E-state index in [1.54, 1.807) is 11.8 Å². The van der Waals surface area contributed by atoms with Crippen molar-refractivity contribution < 1.29 is 9.59 Å². The second kappa shape index (κ2) is 3.66. The molecule has 1 aromatic rings. The van der Waals surface area contributed by atoms with E-state index in [1.807, 2.05) is 36.2 Å². The fraction of sp³-hybridized carbons (Fsp3) is 0.273. The molecule has 88 valence electrons. The van der Waals surface area contributed by atoms with Gasteiger partial charge in [-0.1, -0.05) is 23.9 Å². The molecule has 0 saturated carbocycles. The van der Waals surface area contributed by atoms with Crippen molar-refractivity contribution in [2.75, 3.05) is 11.9 Å². The van der Waals surface area contributed by atoms with Crippen LogP contribution in [0.25, 0.3) is 0 Å². The Bertz CT molecular complexity index is 505. The Hall–Kier alpha value is -1.69. The molecule has 3 rings (SSSR count). The van der Waals surface area contributed by atoms with Crippen molar-refractivity contribution in [2.24, 2.45) is 0 Å². The maximum atomic E-state index is 11.7. The van der Waals surface area contributed by atoms with Crippen LogP contribution < -0.4 is 10.3 Å². The lowest BCUT2D eigenvalue weighted by atomic mass is 10.3. The summed E-state index contributed by atoms with van der Waals surface area (Å²) in [4.78, 5) is 26.0. The Morgan fingerprint density at radius 1 is 1.35 bits per heavy atom. The van der Waals surface area contributed by atoms with Crippen LogP contribution in [0.4, 0.5) is 5.69 Å². The minimum absolute atomic E-state index is 0.0543. The monoisotopic (exact) mass is 249 g/mol. The molecule has 2 heterocycles. The van der Waals surface area contributed by atoms with Crippen molar-refractivity contribution in [3.63, 3.8) is 0 Å². The second-order valence-corrected chi connectivity index (χ2v) is 5.10. The maximum Gasteiger partial charge on any atom is 0.253 e. The van der Waals surface area contributed by atoms with Gasteiger partial charge in [0.25, 0.3) is 5.91 Å². The topological polar surface area (TPSA) is 52.6 Å². The Morgan fingerprint density at radius 3 is 2.76 bits per heavy atom. The summed E-state index contributed by atoms with van der Waals surface area (Å²) in [7, 11) is 1.92. The predicted octanol–water partition coefficient (Wildman–Crippen LogP) is 0.776. The molecule has 1 N–H and O–H groups in total. The Morgan fingerprint density at radius 2 is 2.12 bits per heavy atom. The molecule has 0 bridgehead atoms. The lowest BCUT2D eigenvalue weighted by molar-refractivity contribution is -0.130. The molecule has 6 heteroatoms. The van der Waals surface area contributed by atoms with Crippen LogP contribution in [0.15, 0.2) is 29.2 Å². The van der Waals surface area contributed by atoms with Gasteiger partial charge in [0.2, 0.25) is 5.91 Å². The molecule has 2 amide bonds. The summed E-state index contributed by atoms with van der Waals surface area (Å²) in [5.74, 6) is -0.410. The molecule has 2 aliphatic rings. The standard InChI is InChI=1S/C11H11N3O2S/c1-13-7-4-2-3-5-8(7)17-11(13)14-10(16)6-9(15)12-14/h2-5,11H,6H2,1H3,(H,12,15). The Balaban J connectivity index is 1.89. The molecule has 1 atom stereocenters. The lowest BCUT2D eigenvalue weighted by Gasteiger charge is -2.29. The highest BCUT2D eigenvalue weighted by atomic mass is 32.2. The number of hydrazine groups is 1. The third kappa shape index (κ3) is 1.56. The van der Waals surface area contributed by atoms with Crippen molar-refractivity contribution in [2.45, 2.75) is 16.8 Å². The lowest BCUT2D eigenvalue weighted by Crippen LogP contribution is -2.49. The van der Waals surface area contributed by atoms with E-state index in [-0.39, 0.29) is 23.7 Å². The summed E-state index contributed by atoms with van der Waals surface area (Å²) < 4.78 is 0. The van der Waals surface area contributed by atoms with E-state index in [0.29, 0.717) is 0 Å². The molecule has 0 aliphatic carbocycles. The highest BCUT2D eigenvalue weighted by molar-refractivity contribution is 8.00. The van der Waals surface area contributed by atoms with Crippen molar-refractivity contribution in [1.29, 1.82) is 0 Å². The van der Waals surface area contributed by atoms with Gasteiger partial charge in [-0.05, 0) is 12.1 Å². The average molecular weight is 249 g/mol. The minimum Gasteiger partial charge on any atom is -0.343 e. The highest BCUT2D eigenvalue weighted by Crippen LogP contribution is 2.43. The summed E-state index contributed by atoms with van der Waals surface area (Å²) in [6.07, 6.45) is -0.0543. The fourth-order valence-electron chi connectivity index (χ4n) is 2.02. The molecule has 1 aromatic carbocycles. The number of rotatable bonds is 1. The van der Waals surface area contributed by atoms with E-state index in [4.69, 9.17) is 0 Å².